The van der Waals surface area contributed by atoms with E-state index in [0.717, 1.165) is 16.9 Å². The molecule has 0 saturated heterocycles. The average Bonchev–Trinajstić information content (AvgIpc) is 2.30. The molecule has 1 atom stereocenters. The Bertz CT molecular complexity index is 467. The Labute approximate surface area is 114 Å². The zero-order valence-electron chi connectivity index (χ0n) is 12.0. The van der Waals surface area contributed by atoms with Gasteiger partial charge in [-0.3, -0.25) is 4.79 Å². The molecule has 106 valence electrons. The van der Waals surface area contributed by atoms with Gasteiger partial charge >= 0.3 is 5.97 Å². The predicted molar refractivity (Wildman–Crippen MR) is 73.5 cm³/mol. The van der Waals surface area contributed by atoms with Crippen LogP contribution < -0.4 is 4.74 Å². The van der Waals surface area contributed by atoms with E-state index in [1.165, 1.54) is 0 Å². The number of carboxylic acid groups (broad SMARTS) is 1. The van der Waals surface area contributed by atoms with Gasteiger partial charge in [-0.1, -0.05) is 13.3 Å². The van der Waals surface area contributed by atoms with Crippen LogP contribution in [-0.4, -0.2) is 23.3 Å². The van der Waals surface area contributed by atoms with Crippen LogP contribution in [0.5, 0.6) is 5.75 Å². The zero-order valence-corrected chi connectivity index (χ0v) is 12.0. The summed E-state index contributed by atoms with van der Waals surface area (Å²) < 4.78 is 5.24. The Morgan fingerprint density at radius 2 is 1.95 bits per heavy atom. The zero-order chi connectivity index (χ0) is 14.6. The molecule has 1 rings (SSSR count). The summed E-state index contributed by atoms with van der Waals surface area (Å²) in [6, 6.07) is 3.67. The van der Waals surface area contributed by atoms with Crippen LogP contribution >= 0.6 is 0 Å². The smallest absolute Gasteiger partial charge is 0.306 e. The highest BCUT2D eigenvalue weighted by Gasteiger charge is 2.33. The van der Waals surface area contributed by atoms with E-state index in [-0.39, 0.29) is 6.42 Å². The number of aliphatic hydroxyl groups is 1. The quantitative estimate of drug-likeness (QED) is 0.831. The molecule has 0 amide bonds. The molecule has 1 aromatic carbocycles. The third kappa shape index (κ3) is 3.47. The molecule has 0 radical (unpaired) electrons. The van der Waals surface area contributed by atoms with Crippen LogP contribution in [-0.2, 0) is 10.4 Å². The summed E-state index contributed by atoms with van der Waals surface area (Å²) in [7, 11) is 1.59. The predicted octanol–water partition coefficient (Wildman–Crippen LogP) is 2.77. The highest BCUT2D eigenvalue weighted by Crippen LogP contribution is 2.35. The number of ether oxygens (including phenoxy) is 1. The molecule has 2 N–H and O–H groups in total. The highest BCUT2D eigenvalue weighted by molar-refractivity contribution is 5.69. The number of carbonyl (C=O) groups is 1. The minimum Gasteiger partial charge on any atom is -0.496 e. The van der Waals surface area contributed by atoms with E-state index in [2.05, 4.69) is 0 Å². The van der Waals surface area contributed by atoms with Gasteiger partial charge in [-0.15, -0.1) is 0 Å². The molecule has 4 heteroatoms. The van der Waals surface area contributed by atoms with Crippen LogP contribution in [0.4, 0.5) is 0 Å². The lowest BCUT2D eigenvalue weighted by Gasteiger charge is -2.29. The van der Waals surface area contributed by atoms with Gasteiger partial charge in [0.15, 0.2) is 0 Å². The Morgan fingerprint density at radius 3 is 2.42 bits per heavy atom. The Morgan fingerprint density at radius 1 is 1.32 bits per heavy atom. The van der Waals surface area contributed by atoms with Gasteiger partial charge < -0.3 is 14.9 Å². The lowest BCUT2D eigenvalue weighted by Crippen LogP contribution is -2.30. The molecule has 1 unspecified atom stereocenters. The van der Waals surface area contributed by atoms with Crippen LogP contribution in [0.15, 0.2) is 12.1 Å². The third-order valence-corrected chi connectivity index (χ3v) is 3.35. The maximum absolute atomic E-state index is 11.0. The molecule has 19 heavy (non-hydrogen) atoms. The lowest BCUT2D eigenvalue weighted by molar-refractivity contribution is -0.143. The summed E-state index contributed by atoms with van der Waals surface area (Å²) >= 11 is 0. The number of methoxy groups -OCH3 is 1. The molecule has 0 aliphatic rings. The van der Waals surface area contributed by atoms with E-state index in [0.29, 0.717) is 18.4 Å². The number of rotatable bonds is 6. The van der Waals surface area contributed by atoms with Crippen LogP contribution in [0.3, 0.4) is 0 Å². The summed E-state index contributed by atoms with van der Waals surface area (Å²) in [5, 5.41) is 19.7. The van der Waals surface area contributed by atoms with E-state index in [1.54, 1.807) is 7.11 Å². The van der Waals surface area contributed by atoms with Crippen molar-refractivity contribution < 1.29 is 19.7 Å². The number of aryl methyl sites for hydroxylation is 2. The molecule has 4 nitrogen and oxygen atoms in total. The van der Waals surface area contributed by atoms with Crippen LogP contribution in [0.2, 0.25) is 0 Å². The van der Waals surface area contributed by atoms with Gasteiger partial charge in [-0.25, -0.2) is 0 Å². The average molecular weight is 266 g/mol. The van der Waals surface area contributed by atoms with Gasteiger partial charge in [0.1, 0.15) is 11.4 Å². The van der Waals surface area contributed by atoms with Gasteiger partial charge in [0.25, 0.3) is 0 Å². The normalized spacial score (nSPS) is 13.9. The molecule has 0 saturated carbocycles. The van der Waals surface area contributed by atoms with Crippen molar-refractivity contribution in [2.24, 2.45) is 0 Å². The largest absolute Gasteiger partial charge is 0.496 e. The molecule has 0 aliphatic carbocycles. The van der Waals surface area contributed by atoms with Crippen molar-refractivity contribution in [3.8, 4) is 5.75 Å². The number of hydrogen-bond donors (Lipinski definition) is 2. The first-order valence-electron chi connectivity index (χ1n) is 6.44. The number of hydrogen-bond acceptors (Lipinski definition) is 3. The third-order valence-electron chi connectivity index (χ3n) is 3.35. The van der Waals surface area contributed by atoms with Crippen molar-refractivity contribution in [2.45, 2.75) is 45.6 Å². The molecule has 1 aromatic rings. The molecule has 0 spiro atoms. The number of aliphatic carboxylic acids is 1. The lowest BCUT2D eigenvalue weighted by atomic mass is 9.83. The van der Waals surface area contributed by atoms with Crippen molar-refractivity contribution in [2.75, 3.05) is 7.11 Å². The Kier molecular flexibility index (Phi) is 4.95. The fraction of sp³-hybridized carbons (Fsp3) is 0.533. The molecular formula is C15H22O4. The van der Waals surface area contributed by atoms with Crippen LogP contribution in [0.1, 0.15) is 42.9 Å². The molecular weight excluding hydrogens is 244 g/mol. The monoisotopic (exact) mass is 266 g/mol. The molecule has 0 aromatic heterocycles. The van der Waals surface area contributed by atoms with E-state index in [9.17, 15) is 9.90 Å². The van der Waals surface area contributed by atoms with Gasteiger partial charge in [0.2, 0.25) is 0 Å². The number of benzene rings is 1. The molecule has 0 fully saturated rings. The van der Waals surface area contributed by atoms with Crippen molar-refractivity contribution in [3.63, 3.8) is 0 Å². The van der Waals surface area contributed by atoms with Crippen molar-refractivity contribution in [1.82, 2.24) is 0 Å². The van der Waals surface area contributed by atoms with Gasteiger partial charge in [0.05, 0.1) is 13.5 Å². The summed E-state index contributed by atoms with van der Waals surface area (Å²) in [5.41, 5.74) is 1.10. The molecule has 0 heterocycles. The first kappa shape index (κ1) is 15.5. The molecule has 0 bridgehead atoms. The first-order valence-corrected chi connectivity index (χ1v) is 6.44. The van der Waals surface area contributed by atoms with E-state index < -0.39 is 11.6 Å². The van der Waals surface area contributed by atoms with Gasteiger partial charge in [0, 0.05) is 0 Å². The Balaban J connectivity index is 3.30. The second kappa shape index (κ2) is 6.06. The summed E-state index contributed by atoms with van der Waals surface area (Å²) in [6.07, 6.45) is 0.855. The van der Waals surface area contributed by atoms with Crippen molar-refractivity contribution in [3.05, 3.63) is 28.8 Å². The standard InChI is InChI=1S/C15H22O4/c1-5-6-15(18,9-14(16)17)12-7-11(3)13(19-4)8-10(12)2/h7-8,18H,5-6,9H2,1-4H3,(H,16,17). The van der Waals surface area contributed by atoms with Gasteiger partial charge in [-0.05, 0) is 49.1 Å². The highest BCUT2D eigenvalue weighted by atomic mass is 16.5. The maximum atomic E-state index is 11.0. The fourth-order valence-electron chi connectivity index (χ4n) is 2.49. The van der Waals surface area contributed by atoms with Crippen molar-refractivity contribution >= 4 is 5.97 Å². The Hall–Kier alpha value is -1.55. The SMILES string of the molecule is CCCC(O)(CC(=O)O)c1cc(C)c(OC)cc1C. The fourth-order valence-corrected chi connectivity index (χ4v) is 2.49. The van der Waals surface area contributed by atoms with E-state index in [1.807, 2.05) is 32.9 Å². The maximum Gasteiger partial charge on any atom is 0.306 e. The van der Waals surface area contributed by atoms with Crippen molar-refractivity contribution in [1.29, 1.82) is 0 Å². The second-order valence-electron chi connectivity index (χ2n) is 4.99. The summed E-state index contributed by atoms with van der Waals surface area (Å²) in [6.45, 7) is 5.67. The van der Waals surface area contributed by atoms with Crippen LogP contribution in [0, 0.1) is 13.8 Å². The van der Waals surface area contributed by atoms with E-state index in [4.69, 9.17) is 9.84 Å². The number of carboxylic acids is 1. The van der Waals surface area contributed by atoms with Crippen LogP contribution in [0.25, 0.3) is 0 Å². The topological polar surface area (TPSA) is 66.8 Å². The van der Waals surface area contributed by atoms with Gasteiger partial charge in [-0.2, -0.15) is 0 Å². The summed E-state index contributed by atoms with van der Waals surface area (Å²) in [4.78, 5) is 11.0. The minimum absolute atomic E-state index is 0.284. The van der Waals surface area contributed by atoms with E-state index >= 15 is 0 Å². The summed E-state index contributed by atoms with van der Waals surface area (Å²) in [5.74, 6) is -0.251. The minimum atomic E-state index is -1.32. The molecule has 0 aliphatic heterocycles. The second-order valence-corrected chi connectivity index (χ2v) is 4.99. The first-order chi connectivity index (χ1) is 8.84.